The third-order valence-corrected chi connectivity index (χ3v) is 6.00. The molecule has 0 aromatic carbocycles. The molecule has 3 rings (SSSR count). The molecule has 1 heterocycles. The van der Waals surface area contributed by atoms with E-state index in [1.165, 1.54) is 25.7 Å². The highest BCUT2D eigenvalue weighted by atomic mass is 79.9. The maximum atomic E-state index is 12.2. The SMILES string of the molecule is O=S(=O)(NCCC1CC1)c1cc(CNC2CC2)oc1Br. The Morgan fingerprint density at radius 1 is 1.30 bits per heavy atom. The Labute approximate surface area is 127 Å². The van der Waals surface area contributed by atoms with E-state index in [1.54, 1.807) is 6.07 Å². The molecule has 0 radical (unpaired) electrons. The second-order valence-corrected chi connectivity index (χ2v) is 8.09. The van der Waals surface area contributed by atoms with Crippen LogP contribution in [0.3, 0.4) is 0 Å². The molecule has 0 aliphatic heterocycles. The van der Waals surface area contributed by atoms with Crippen molar-refractivity contribution < 1.29 is 12.8 Å². The van der Waals surface area contributed by atoms with Crippen molar-refractivity contribution in [2.75, 3.05) is 6.54 Å². The van der Waals surface area contributed by atoms with Crippen molar-refractivity contribution in [3.8, 4) is 0 Å². The first-order valence-corrected chi connectivity index (χ1v) is 9.33. The van der Waals surface area contributed by atoms with Gasteiger partial charge in [0.05, 0.1) is 6.54 Å². The van der Waals surface area contributed by atoms with Gasteiger partial charge in [0.15, 0.2) is 4.67 Å². The largest absolute Gasteiger partial charge is 0.452 e. The van der Waals surface area contributed by atoms with E-state index < -0.39 is 10.0 Å². The van der Waals surface area contributed by atoms with E-state index in [-0.39, 0.29) is 9.56 Å². The van der Waals surface area contributed by atoms with Gasteiger partial charge in [0, 0.05) is 18.7 Å². The fourth-order valence-electron chi connectivity index (χ4n) is 2.08. The van der Waals surface area contributed by atoms with E-state index in [0.29, 0.717) is 30.8 Å². The lowest BCUT2D eigenvalue weighted by molar-refractivity contribution is 0.460. The molecule has 0 unspecified atom stereocenters. The van der Waals surface area contributed by atoms with Gasteiger partial charge in [-0.2, -0.15) is 0 Å². The molecule has 0 saturated heterocycles. The van der Waals surface area contributed by atoms with Crippen LogP contribution < -0.4 is 10.0 Å². The van der Waals surface area contributed by atoms with Crippen LogP contribution in [0, 0.1) is 5.92 Å². The number of sulfonamides is 1. The molecule has 20 heavy (non-hydrogen) atoms. The highest BCUT2D eigenvalue weighted by Gasteiger charge is 2.26. The minimum absolute atomic E-state index is 0.195. The first-order chi connectivity index (χ1) is 9.54. The lowest BCUT2D eigenvalue weighted by atomic mass is 10.3. The van der Waals surface area contributed by atoms with Crippen molar-refractivity contribution in [2.24, 2.45) is 5.92 Å². The minimum Gasteiger partial charge on any atom is -0.452 e. The second kappa shape index (κ2) is 5.79. The standard InChI is InChI=1S/C13H19BrN2O3S/c14-13-12(7-11(19-13)8-15-10-3-4-10)20(17,18)16-6-5-9-1-2-9/h7,9-10,15-16H,1-6,8H2. The van der Waals surface area contributed by atoms with E-state index in [9.17, 15) is 8.42 Å². The van der Waals surface area contributed by atoms with Crippen LogP contribution in [0.1, 0.15) is 37.9 Å². The Morgan fingerprint density at radius 3 is 2.70 bits per heavy atom. The van der Waals surface area contributed by atoms with Gasteiger partial charge in [0.25, 0.3) is 0 Å². The van der Waals surface area contributed by atoms with Crippen molar-refractivity contribution in [1.82, 2.24) is 10.0 Å². The summed E-state index contributed by atoms with van der Waals surface area (Å²) in [5.41, 5.74) is 0. The van der Waals surface area contributed by atoms with Crippen LogP contribution in [0.4, 0.5) is 0 Å². The van der Waals surface area contributed by atoms with E-state index >= 15 is 0 Å². The second-order valence-electron chi connectivity index (χ2n) is 5.64. The van der Waals surface area contributed by atoms with Crippen LogP contribution in [-0.4, -0.2) is 21.0 Å². The van der Waals surface area contributed by atoms with Gasteiger partial charge in [0.1, 0.15) is 10.7 Å². The fraction of sp³-hybridized carbons (Fsp3) is 0.692. The first-order valence-electron chi connectivity index (χ1n) is 7.06. The lowest BCUT2D eigenvalue weighted by Crippen LogP contribution is -2.25. The lowest BCUT2D eigenvalue weighted by Gasteiger charge is -2.03. The predicted octanol–water partition coefficient (Wildman–Crippen LogP) is 2.37. The smallest absolute Gasteiger partial charge is 0.244 e. The Bertz CT molecular complexity index is 576. The van der Waals surface area contributed by atoms with Crippen LogP contribution in [0.25, 0.3) is 0 Å². The number of hydrogen-bond donors (Lipinski definition) is 2. The zero-order chi connectivity index (χ0) is 14.2. The third kappa shape index (κ3) is 3.84. The van der Waals surface area contributed by atoms with Crippen LogP contribution >= 0.6 is 15.9 Å². The molecule has 0 bridgehead atoms. The summed E-state index contributed by atoms with van der Waals surface area (Å²) >= 11 is 3.20. The Hall–Kier alpha value is -0.370. The van der Waals surface area contributed by atoms with Crippen LogP contribution in [0.2, 0.25) is 0 Å². The summed E-state index contributed by atoms with van der Waals surface area (Å²) in [7, 11) is -3.48. The topological polar surface area (TPSA) is 71.3 Å². The fourth-order valence-corrected chi connectivity index (χ4v) is 4.13. The van der Waals surface area contributed by atoms with Gasteiger partial charge in [-0.3, -0.25) is 0 Å². The molecule has 7 heteroatoms. The van der Waals surface area contributed by atoms with Crippen molar-refractivity contribution in [2.45, 2.75) is 49.6 Å². The average Bonchev–Trinajstić information content (AvgIpc) is 3.27. The molecule has 5 nitrogen and oxygen atoms in total. The first kappa shape index (κ1) is 14.6. The van der Waals surface area contributed by atoms with Crippen molar-refractivity contribution in [1.29, 1.82) is 0 Å². The molecule has 1 aromatic rings. The van der Waals surface area contributed by atoms with Gasteiger partial charge in [-0.25, -0.2) is 13.1 Å². The van der Waals surface area contributed by atoms with E-state index in [4.69, 9.17) is 4.42 Å². The van der Waals surface area contributed by atoms with E-state index in [0.717, 1.165) is 6.42 Å². The predicted molar refractivity (Wildman–Crippen MR) is 78.8 cm³/mol. The molecular weight excluding hydrogens is 344 g/mol. The summed E-state index contributed by atoms with van der Waals surface area (Å²) < 4.78 is 32.8. The summed E-state index contributed by atoms with van der Waals surface area (Å²) in [5.74, 6) is 1.36. The summed E-state index contributed by atoms with van der Waals surface area (Å²) in [5, 5.41) is 3.30. The summed E-state index contributed by atoms with van der Waals surface area (Å²) in [6, 6.07) is 2.16. The van der Waals surface area contributed by atoms with E-state index in [1.807, 2.05) is 0 Å². The third-order valence-electron chi connectivity index (χ3n) is 3.68. The zero-order valence-corrected chi connectivity index (χ0v) is 13.6. The molecule has 2 N–H and O–H groups in total. The normalized spacial score (nSPS) is 19.4. The highest BCUT2D eigenvalue weighted by molar-refractivity contribution is 9.10. The van der Waals surface area contributed by atoms with Crippen LogP contribution in [-0.2, 0) is 16.6 Å². The van der Waals surface area contributed by atoms with Crippen LogP contribution in [0.15, 0.2) is 20.0 Å². The molecular formula is C13H19BrN2O3S. The Morgan fingerprint density at radius 2 is 2.05 bits per heavy atom. The maximum absolute atomic E-state index is 12.2. The molecule has 2 fully saturated rings. The summed E-state index contributed by atoms with van der Waals surface area (Å²) in [6.45, 7) is 1.07. The molecule has 1 aromatic heterocycles. The average molecular weight is 363 g/mol. The van der Waals surface area contributed by atoms with Gasteiger partial charge in [-0.1, -0.05) is 12.8 Å². The summed E-state index contributed by atoms with van der Waals surface area (Å²) in [4.78, 5) is 0.195. The molecule has 0 atom stereocenters. The Kier molecular flexibility index (Phi) is 4.21. The number of hydrogen-bond acceptors (Lipinski definition) is 4. The van der Waals surface area contributed by atoms with Crippen molar-refractivity contribution in [3.05, 3.63) is 16.5 Å². The number of halogens is 1. The molecule has 2 aliphatic carbocycles. The minimum atomic E-state index is -3.48. The van der Waals surface area contributed by atoms with Gasteiger partial charge in [0.2, 0.25) is 10.0 Å². The van der Waals surface area contributed by atoms with Gasteiger partial charge >= 0.3 is 0 Å². The van der Waals surface area contributed by atoms with Gasteiger partial charge < -0.3 is 9.73 Å². The number of furan rings is 1. The van der Waals surface area contributed by atoms with Gasteiger partial charge in [-0.05, 0) is 41.1 Å². The zero-order valence-electron chi connectivity index (χ0n) is 11.2. The monoisotopic (exact) mass is 362 g/mol. The maximum Gasteiger partial charge on any atom is 0.244 e. The van der Waals surface area contributed by atoms with Gasteiger partial charge in [-0.15, -0.1) is 0 Å². The highest BCUT2D eigenvalue weighted by Crippen LogP contribution is 2.32. The van der Waals surface area contributed by atoms with Crippen LogP contribution in [0.5, 0.6) is 0 Å². The Balaban J connectivity index is 1.60. The molecule has 0 amide bonds. The molecule has 112 valence electrons. The van der Waals surface area contributed by atoms with Crippen molar-refractivity contribution >= 4 is 26.0 Å². The molecule has 2 saturated carbocycles. The number of nitrogens with one attached hydrogen (secondary N) is 2. The molecule has 2 aliphatic rings. The quantitative estimate of drug-likeness (QED) is 0.744. The van der Waals surface area contributed by atoms with Crippen molar-refractivity contribution in [3.63, 3.8) is 0 Å². The summed E-state index contributed by atoms with van der Waals surface area (Å²) in [6.07, 6.45) is 5.76. The number of rotatable bonds is 8. The molecule has 0 spiro atoms. The van der Waals surface area contributed by atoms with E-state index in [2.05, 4.69) is 26.0 Å².